The van der Waals surface area contributed by atoms with Gasteiger partial charge in [0.2, 0.25) is 0 Å². The highest BCUT2D eigenvalue weighted by molar-refractivity contribution is 5.51. The average Bonchev–Trinajstić information content (AvgIpc) is 2.95. The van der Waals surface area contributed by atoms with Crippen molar-refractivity contribution in [3.8, 4) is 29.4 Å². The van der Waals surface area contributed by atoms with Gasteiger partial charge in [-0.25, -0.2) is 26.3 Å². The van der Waals surface area contributed by atoms with E-state index in [0.29, 0.717) is 24.1 Å². The fourth-order valence-electron chi connectivity index (χ4n) is 4.57. The Morgan fingerprint density at radius 2 is 1.43 bits per heavy atom. The second-order valence-corrected chi connectivity index (χ2v) is 10.5. The number of aryl methyl sites for hydroxylation is 1. The van der Waals surface area contributed by atoms with Crippen LogP contribution < -0.4 is 4.74 Å². The van der Waals surface area contributed by atoms with E-state index in [2.05, 4.69) is 28.4 Å². The van der Waals surface area contributed by atoms with E-state index >= 15 is 0 Å². The molecule has 0 radical (unpaired) electrons. The molecule has 246 valence electrons. The Morgan fingerprint density at radius 3 is 2.00 bits per heavy atom. The van der Waals surface area contributed by atoms with Crippen molar-refractivity contribution in [2.75, 3.05) is 0 Å². The first-order chi connectivity index (χ1) is 22.1. The number of alkyl halides is 5. The summed E-state index contributed by atoms with van der Waals surface area (Å²) in [5.74, 6) is -0.714. The van der Waals surface area contributed by atoms with Crippen LogP contribution in [0.3, 0.4) is 0 Å². The largest absolute Gasteiger partial charge is 0.429 e. The molecule has 0 aromatic heterocycles. The molecule has 0 spiro atoms. The molecule has 0 amide bonds. The van der Waals surface area contributed by atoms with Gasteiger partial charge in [0.1, 0.15) is 51.8 Å². The Balaban J connectivity index is 1.44. The molecule has 1 nitrogen and oxygen atoms in total. The van der Waals surface area contributed by atoms with E-state index in [4.69, 9.17) is 0 Å². The van der Waals surface area contributed by atoms with Crippen LogP contribution in [-0.2, 0) is 18.7 Å². The van der Waals surface area contributed by atoms with Crippen LogP contribution in [0.5, 0.6) is 5.75 Å². The van der Waals surface area contributed by atoms with E-state index in [-0.39, 0.29) is 29.7 Å². The number of hydrogen-bond acceptors (Lipinski definition) is 1. The predicted molar refractivity (Wildman–Crippen MR) is 151 cm³/mol. The first-order valence-electron chi connectivity index (χ1n) is 14.1. The van der Waals surface area contributed by atoms with Crippen molar-refractivity contribution in [2.24, 2.45) is 5.92 Å². The van der Waals surface area contributed by atoms with Gasteiger partial charge in [-0.3, -0.25) is 0 Å². The molecule has 0 saturated heterocycles. The summed E-state index contributed by atoms with van der Waals surface area (Å²) in [5.41, 5.74) is -3.99. The van der Waals surface area contributed by atoms with E-state index in [1.807, 2.05) is 6.92 Å². The summed E-state index contributed by atoms with van der Waals surface area (Å²) in [6.07, 6.45) is -4.28. The highest BCUT2D eigenvalue weighted by atomic mass is 19.4. The van der Waals surface area contributed by atoms with Gasteiger partial charge in [0, 0.05) is 23.6 Å². The second-order valence-electron chi connectivity index (χ2n) is 10.5. The summed E-state index contributed by atoms with van der Waals surface area (Å²) in [4.78, 5) is 0. The van der Waals surface area contributed by atoms with E-state index in [0.717, 1.165) is 31.4 Å². The third kappa shape index (κ3) is 8.76. The van der Waals surface area contributed by atoms with Crippen molar-refractivity contribution in [3.05, 3.63) is 123 Å². The standard InChI is InChI=1S/C35H23F11O/c1-2-3-4-5-22-16-28(37)25(29(38)17-22)12-8-20-6-10-23(27(36)14-20)11-7-21-9-13-26(30(39)15-21)35(45,46)47-24-18-31(40)33(32(41)19-24)34(42,43)44/h9-10,13-20H,2-6H2,1H3. The quantitative estimate of drug-likeness (QED) is 0.138. The molecule has 1 aliphatic carbocycles. The minimum absolute atomic E-state index is 0.114. The van der Waals surface area contributed by atoms with Crippen molar-refractivity contribution in [1.82, 2.24) is 0 Å². The molecular formula is C35H23F11O. The third-order valence-corrected chi connectivity index (χ3v) is 6.90. The summed E-state index contributed by atoms with van der Waals surface area (Å²) in [6, 6.07) is 4.20. The van der Waals surface area contributed by atoms with Crippen LogP contribution in [0.25, 0.3) is 0 Å². The molecule has 4 rings (SSSR count). The van der Waals surface area contributed by atoms with Crippen molar-refractivity contribution in [1.29, 1.82) is 0 Å². The Morgan fingerprint density at radius 1 is 0.766 bits per heavy atom. The lowest BCUT2D eigenvalue weighted by Crippen LogP contribution is -2.24. The van der Waals surface area contributed by atoms with Crippen LogP contribution in [0, 0.1) is 58.7 Å². The molecule has 0 saturated carbocycles. The Bertz CT molecular complexity index is 1800. The lowest BCUT2D eigenvalue weighted by Gasteiger charge is -2.20. The Labute approximate surface area is 262 Å². The number of ether oxygens (including phenoxy) is 1. The maximum Gasteiger partial charge on any atom is 0.429 e. The van der Waals surface area contributed by atoms with Gasteiger partial charge >= 0.3 is 12.3 Å². The molecule has 0 N–H and O–H groups in total. The number of halogens is 11. The topological polar surface area (TPSA) is 9.23 Å². The van der Waals surface area contributed by atoms with Gasteiger partial charge in [-0.05, 0) is 61.2 Å². The maximum absolute atomic E-state index is 14.7. The molecule has 1 unspecified atom stereocenters. The molecule has 1 aliphatic rings. The fourth-order valence-corrected chi connectivity index (χ4v) is 4.57. The molecule has 3 aromatic rings. The highest BCUT2D eigenvalue weighted by Gasteiger charge is 2.41. The molecule has 0 aliphatic heterocycles. The summed E-state index contributed by atoms with van der Waals surface area (Å²) in [6.45, 7) is 2.01. The summed E-state index contributed by atoms with van der Waals surface area (Å²) in [7, 11) is 0. The average molecular weight is 669 g/mol. The van der Waals surface area contributed by atoms with Crippen LogP contribution in [0.15, 0.2) is 66.0 Å². The Hall–Kier alpha value is -4.71. The first kappa shape index (κ1) is 35.1. The van der Waals surface area contributed by atoms with Gasteiger partial charge < -0.3 is 4.74 Å². The second kappa shape index (κ2) is 14.4. The SMILES string of the molecule is CCCCCc1cc(F)c(C#CC2C=C(F)C(C#Cc3ccc(C(F)(F)Oc4cc(F)c(C(F)(F)F)c(F)c4)c(F)c3)=CC2)c(F)c1. The third-order valence-electron chi connectivity index (χ3n) is 6.90. The van der Waals surface area contributed by atoms with Crippen molar-refractivity contribution < 1.29 is 53.0 Å². The van der Waals surface area contributed by atoms with E-state index in [9.17, 15) is 48.3 Å². The van der Waals surface area contributed by atoms with Crippen LogP contribution in [0.2, 0.25) is 0 Å². The van der Waals surface area contributed by atoms with Gasteiger partial charge in [-0.15, -0.1) is 0 Å². The number of allylic oxidation sites excluding steroid dienone is 4. The monoisotopic (exact) mass is 668 g/mol. The van der Waals surface area contributed by atoms with E-state index in [1.165, 1.54) is 18.2 Å². The van der Waals surface area contributed by atoms with Crippen molar-refractivity contribution in [2.45, 2.75) is 51.3 Å². The maximum atomic E-state index is 14.7. The zero-order valence-corrected chi connectivity index (χ0v) is 24.4. The smallest absolute Gasteiger partial charge is 0.429 e. The van der Waals surface area contributed by atoms with Gasteiger partial charge in [-0.1, -0.05) is 49.5 Å². The summed E-state index contributed by atoms with van der Waals surface area (Å²) in [5, 5.41) is 0. The minimum Gasteiger partial charge on any atom is -0.429 e. The fraction of sp³-hybridized carbons (Fsp3) is 0.257. The van der Waals surface area contributed by atoms with Crippen LogP contribution >= 0.6 is 0 Å². The van der Waals surface area contributed by atoms with E-state index in [1.54, 1.807) is 0 Å². The van der Waals surface area contributed by atoms with Gasteiger partial charge in [0.25, 0.3) is 0 Å². The minimum atomic E-state index is -5.44. The number of benzene rings is 3. The van der Waals surface area contributed by atoms with Crippen LogP contribution in [-0.4, -0.2) is 0 Å². The summed E-state index contributed by atoms with van der Waals surface area (Å²) < 4.78 is 157. The van der Waals surface area contributed by atoms with Gasteiger partial charge in [-0.2, -0.15) is 22.0 Å². The molecule has 0 heterocycles. The zero-order chi connectivity index (χ0) is 34.5. The molecule has 0 bridgehead atoms. The van der Waals surface area contributed by atoms with E-state index < -0.39 is 75.6 Å². The molecule has 1 atom stereocenters. The lowest BCUT2D eigenvalue weighted by molar-refractivity contribution is -0.187. The van der Waals surface area contributed by atoms with Crippen molar-refractivity contribution in [3.63, 3.8) is 0 Å². The van der Waals surface area contributed by atoms with Crippen molar-refractivity contribution >= 4 is 0 Å². The van der Waals surface area contributed by atoms with Gasteiger partial charge in [0.05, 0.1) is 11.1 Å². The number of hydrogen-bond donors (Lipinski definition) is 0. The van der Waals surface area contributed by atoms with Crippen LogP contribution in [0.1, 0.15) is 60.4 Å². The molecule has 12 heteroatoms. The molecule has 3 aromatic carbocycles. The Kier molecular flexibility index (Phi) is 10.7. The van der Waals surface area contributed by atoms with Crippen LogP contribution in [0.4, 0.5) is 48.3 Å². The summed E-state index contributed by atoms with van der Waals surface area (Å²) >= 11 is 0. The number of unbranched alkanes of at least 4 members (excludes halogenated alkanes) is 2. The highest BCUT2D eigenvalue weighted by Crippen LogP contribution is 2.38. The molecular weight excluding hydrogens is 645 g/mol. The number of rotatable bonds is 7. The first-order valence-corrected chi connectivity index (χ1v) is 14.1. The lowest BCUT2D eigenvalue weighted by atomic mass is 9.95. The predicted octanol–water partition coefficient (Wildman–Crippen LogP) is 10.5. The normalized spacial score (nSPS) is 14.8. The zero-order valence-electron chi connectivity index (χ0n) is 24.4. The molecule has 0 fully saturated rings. The molecule has 47 heavy (non-hydrogen) atoms. The van der Waals surface area contributed by atoms with Gasteiger partial charge in [0.15, 0.2) is 0 Å².